The zero-order chi connectivity index (χ0) is 22.9. The number of benzene rings is 3. The maximum absolute atomic E-state index is 10.7. The van der Waals surface area contributed by atoms with E-state index < -0.39 is 4.92 Å². The number of nitrogens with zero attached hydrogens (tertiary/aromatic N) is 1. The number of hydrogen-bond acceptors (Lipinski definition) is 6. The monoisotopic (exact) mass is 455 g/mol. The average Bonchev–Trinajstić information content (AvgIpc) is 2.79. The van der Waals surface area contributed by atoms with Gasteiger partial charge in [0.1, 0.15) is 6.61 Å². The second kappa shape index (κ2) is 11.4. The predicted octanol–water partition coefficient (Wildman–Crippen LogP) is 5.35. The molecule has 0 saturated heterocycles. The van der Waals surface area contributed by atoms with E-state index in [-0.39, 0.29) is 5.69 Å². The van der Waals surface area contributed by atoms with E-state index in [1.54, 1.807) is 19.2 Å². The van der Waals surface area contributed by atoms with Crippen molar-refractivity contribution in [1.29, 1.82) is 0 Å². The molecule has 3 aromatic carbocycles. The first kappa shape index (κ1) is 23.4. The molecule has 0 bridgehead atoms. The van der Waals surface area contributed by atoms with E-state index in [4.69, 9.17) is 21.1 Å². The third-order valence-corrected chi connectivity index (χ3v) is 5.11. The summed E-state index contributed by atoms with van der Waals surface area (Å²) in [4.78, 5) is 10.3. The van der Waals surface area contributed by atoms with Gasteiger partial charge in [-0.05, 0) is 42.3 Å². The van der Waals surface area contributed by atoms with Crippen LogP contribution in [0.5, 0.6) is 11.5 Å². The number of nitrogens with one attached hydrogen (secondary N) is 2. The number of hydrogen-bond donors (Lipinski definition) is 2. The number of ether oxygens (including phenoxy) is 2. The van der Waals surface area contributed by atoms with Gasteiger partial charge in [-0.2, -0.15) is 0 Å². The van der Waals surface area contributed by atoms with E-state index in [1.165, 1.54) is 17.7 Å². The first-order valence-electron chi connectivity index (χ1n) is 10.2. The van der Waals surface area contributed by atoms with E-state index in [1.807, 2.05) is 43.3 Å². The van der Waals surface area contributed by atoms with Crippen molar-refractivity contribution in [1.82, 2.24) is 5.32 Å². The van der Waals surface area contributed by atoms with Crippen LogP contribution in [0.2, 0.25) is 5.02 Å². The smallest absolute Gasteiger partial charge is 0.269 e. The molecule has 168 valence electrons. The minimum atomic E-state index is -0.413. The van der Waals surface area contributed by atoms with Gasteiger partial charge in [0.2, 0.25) is 0 Å². The van der Waals surface area contributed by atoms with E-state index in [0.29, 0.717) is 42.8 Å². The normalized spacial score (nSPS) is 10.6. The molecule has 0 spiro atoms. The Morgan fingerprint density at radius 2 is 1.72 bits per heavy atom. The first-order valence-corrected chi connectivity index (χ1v) is 10.6. The summed E-state index contributed by atoms with van der Waals surface area (Å²) in [6.07, 6.45) is 0. The van der Waals surface area contributed by atoms with Gasteiger partial charge in [0.25, 0.3) is 5.69 Å². The Hall–Kier alpha value is -3.29. The van der Waals surface area contributed by atoms with Crippen molar-refractivity contribution in [3.8, 4) is 11.5 Å². The molecular formula is C24H26ClN3O4. The Bertz CT molecular complexity index is 1040. The van der Waals surface area contributed by atoms with Crippen LogP contribution >= 0.6 is 11.6 Å². The van der Waals surface area contributed by atoms with Crippen LogP contribution in [0.15, 0.2) is 60.7 Å². The molecule has 3 aromatic rings. The van der Waals surface area contributed by atoms with Gasteiger partial charge in [0.15, 0.2) is 11.5 Å². The summed E-state index contributed by atoms with van der Waals surface area (Å²) in [5, 5.41) is 17.8. The SMILES string of the molecule is COc1cc(CNCCNc2ccc([N+](=O)[O-])cc2)cc(Cl)c1OCc1ccc(C)cc1. The lowest BCUT2D eigenvalue weighted by Crippen LogP contribution is -2.21. The van der Waals surface area contributed by atoms with Crippen molar-refractivity contribution in [2.24, 2.45) is 0 Å². The first-order chi connectivity index (χ1) is 15.5. The zero-order valence-electron chi connectivity index (χ0n) is 18.1. The summed E-state index contributed by atoms with van der Waals surface area (Å²) in [6, 6.07) is 18.3. The number of rotatable bonds is 11. The largest absolute Gasteiger partial charge is 0.493 e. The highest BCUT2D eigenvalue weighted by molar-refractivity contribution is 6.32. The molecule has 0 aliphatic rings. The fraction of sp³-hybridized carbons (Fsp3) is 0.250. The molecule has 0 atom stereocenters. The lowest BCUT2D eigenvalue weighted by Gasteiger charge is -2.15. The van der Waals surface area contributed by atoms with Gasteiger partial charge in [-0.3, -0.25) is 10.1 Å². The number of aryl methyl sites for hydroxylation is 1. The fourth-order valence-electron chi connectivity index (χ4n) is 3.08. The summed E-state index contributed by atoms with van der Waals surface area (Å²) in [7, 11) is 1.59. The Morgan fingerprint density at radius 1 is 1.00 bits per heavy atom. The van der Waals surface area contributed by atoms with E-state index in [2.05, 4.69) is 10.6 Å². The molecule has 8 heteroatoms. The molecule has 0 aliphatic heterocycles. The third kappa shape index (κ3) is 6.60. The van der Waals surface area contributed by atoms with Crippen molar-refractivity contribution < 1.29 is 14.4 Å². The van der Waals surface area contributed by atoms with Crippen LogP contribution in [0.1, 0.15) is 16.7 Å². The van der Waals surface area contributed by atoms with Gasteiger partial charge in [-0.1, -0.05) is 41.4 Å². The number of nitro benzene ring substituents is 1. The van der Waals surface area contributed by atoms with Crippen molar-refractivity contribution >= 4 is 23.0 Å². The second-order valence-corrected chi connectivity index (χ2v) is 7.70. The van der Waals surface area contributed by atoms with Crippen LogP contribution in [-0.2, 0) is 13.2 Å². The Balaban J connectivity index is 1.49. The number of anilines is 1. The summed E-state index contributed by atoms with van der Waals surface area (Å²) in [6.45, 7) is 4.42. The third-order valence-electron chi connectivity index (χ3n) is 4.83. The topological polar surface area (TPSA) is 85.7 Å². The van der Waals surface area contributed by atoms with Gasteiger partial charge >= 0.3 is 0 Å². The predicted molar refractivity (Wildman–Crippen MR) is 127 cm³/mol. The molecule has 0 aliphatic carbocycles. The highest BCUT2D eigenvalue weighted by Gasteiger charge is 2.12. The van der Waals surface area contributed by atoms with Crippen LogP contribution in [-0.4, -0.2) is 25.1 Å². The van der Waals surface area contributed by atoms with Crippen LogP contribution in [0, 0.1) is 17.0 Å². The van der Waals surface area contributed by atoms with E-state index >= 15 is 0 Å². The minimum Gasteiger partial charge on any atom is -0.493 e. The minimum absolute atomic E-state index is 0.0748. The Labute approximate surface area is 192 Å². The number of halogens is 1. The summed E-state index contributed by atoms with van der Waals surface area (Å²) in [5.74, 6) is 1.11. The highest BCUT2D eigenvalue weighted by atomic mass is 35.5. The highest BCUT2D eigenvalue weighted by Crippen LogP contribution is 2.37. The van der Waals surface area contributed by atoms with Crippen molar-refractivity contribution in [2.75, 3.05) is 25.5 Å². The van der Waals surface area contributed by atoms with Crippen LogP contribution in [0.3, 0.4) is 0 Å². The Kier molecular flexibility index (Phi) is 8.30. The molecule has 0 saturated carbocycles. The number of nitro groups is 1. The standard InChI is InChI=1S/C24H26ClN3O4/c1-17-3-5-18(6-4-17)16-32-24-22(25)13-19(14-23(24)31-2)15-26-11-12-27-20-7-9-21(10-8-20)28(29)30/h3-10,13-14,26-27H,11-12,15-16H2,1-2H3. The fourth-order valence-corrected chi connectivity index (χ4v) is 3.37. The average molecular weight is 456 g/mol. The zero-order valence-corrected chi connectivity index (χ0v) is 18.8. The number of non-ortho nitro benzene ring substituents is 1. The molecule has 0 unspecified atom stereocenters. The van der Waals surface area contributed by atoms with Gasteiger partial charge in [0, 0.05) is 37.5 Å². The Morgan fingerprint density at radius 3 is 2.38 bits per heavy atom. The van der Waals surface area contributed by atoms with Gasteiger partial charge in [-0.25, -0.2) is 0 Å². The van der Waals surface area contributed by atoms with Gasteiger partial charge in [-0.15, -0.1) is 0 Å². The molecule has 7 nitrogen and oxygen atoms in total. The molecule has 0 heterocycles. The molecule has 0 fully saturated rings. The number of methoxy groups -OCH3 is 1. The second-order valence-electron chi connectivity index (χ2n) is 7.29. The van der Waals surface area contributed by atoms with Crippen molar-refractivity contribution in [3.63, 3.8) is 0 Å². The van der Waals surface area contributed by atoms with Crippen LogP contribution < -0.4 is 20.1 Å². The molecule has 3 rings (SSSR count). The molecule has 32 heavy (non-hydrogen) atoms. The molecule has 0 radical (unpaired) electrons. The van der Waals surface area contributed by atoms with Crippen molar-refractivity contribution in [2.45, 2.75) is 20.1 Å². The molecule has 0 amide bonds. The maximum atomic E-state index is 10.7. The maximum Gasteiger partial charge on any atom is 0.269 e. The molecular weight excluding hydrogens is 430 g/mol. The van der Waals surface area contributed by atoms with Crippen molar-refractivity contribution in [3.05, 3.63) is 92.5 Å². The van der Waals surface area contributed by atoms with Crippen LogP contribution in [0.25, 0.3) is 0 Å². The quantitative estimate of drug-likeness (QED) is 0.230. The molecule has 2 N–H and O–H groups in total. The summed E-state index contributed by atoms with van der Waals surface area (Å²) in [5.41, 5.74) is 4.14. The van der Waals surface area contributed by atoms with Gasteiger partial charge in [0.05, 0.1) is 17.1 Å². The van der Waals surface area contributed by atoms with Gasteiger partial charge < -0.3 is 20.1 Å². The van der Waals surface area contributed by atoms with E-state index in [0.717, 1.165) is 16.8 Å². The molecule has 0 aromatic heterocycles. The summed E-state index contributed by atoms with van der Waals surface area (Å²) < 4.78 is 11.4. The summed E-state index contributed by atoms with van der Waals surface area (Å²) >= 11 is 6.47. The lowest BCUT2D eigenvalue weighted by molar-refractivity contribution is -0.384. The lowest BCUT2D eigenvalue weighted by atomic mass is 10.1. The van der Waals surface area contributed by atoms with Crippen LogP contribution in [0.4, 0.5) is 11.4 Å². The van der Waals surface area contributed by atoms with E-state index in [9.17, 15) is 10.1 Å².